The zero-order valence-corrected chi connectivity index (χ0v) is 17.9. The third kappa shape index (κ3) is 4.32. The summed E-state index contributed by atoms with van der Waals surface area (Å²) in [5.41, 5.74) is 1.03. The van der Waals surface area contributed by atoms with Gasteiger partial charge in [-0.2, -0.15) is 26.3 Å². The topological polar surface area (TPSA) is 18.5 Å². The Morgan fingerprint density at radius 2 is 1.06 bits per heavy atom. The fourth-order valence-electron chi connectivity index (χ4n) is 4.16. The molecule has 0 fully saturated rings. The van der Waals surface area contributed by atoms with Crippen LogP contribution in [-0.4, -0.2) is 0 Å². The highest BCUT2D eigenvalue weighted by molar-refractivity contribution is 5.81. The van der Waals surface area contributed by atoms with Gasteiger partial charge in [-0.05, 0) is 47.0 Å². The van der Waals surface area contributed by atoms with Gasteiger partial charge in [0.15, 0.2) is 11.5 Å². The number of para-hydroxylation sites is 2. The lowest BCUT2D eigenvalue weighted by molar-refractivity contribution is -0.139. The summed E-state index contributed by atoms with van der Waals surface area (Å²) in [7, 11) is 0. The summed E-state index contributed by atoms with van der Waals surface area (Å²) in [5.74, 6) is -1.14. The summed E-state index contributed by atoms with van der Waals surface area (Å²) in [6.07, 6.45) is -9.05. The Bertz CT molecular complexity index is 1410. The van der Waals surface area contributed by atoms with Crippen LogP contribution in [0, 0.1) is 0 Å². The van der Waals surface area contributed by atoms with Gasteiger partial charge < -0.3 is 9.47 Å². The van der Waals surface area contributed by atoms with Crippen molar-refractivity contribution < 1.29 is 35.8 Å². The highest BCUT2D eigenvalue weighted by Gasteiger charge is 2.36. The minimum Gasteiger partial charge on any atom is -0.453 e. The first-order chi connectivity index (χ1) is 16.6. The molecular weight excluding hydrogens is 470 g/mol. The molecule has 0 bridgehead atoms. The molecule has 8 heteroatoms. The molecular formula is C27H16F6O2. The minimum absolute atomic E-state index is 0.0626. The highest BCUT2D eigenvalue weighted by atomic mass is 19.4. The molecule has 0 saturated heterocycles. The maximum Gasteiger partial charge on any atom is 0.419 e. The van der Waals surface area contributed by atoms with E-state index in [4.69, 9.17) is 9.47 Å². The van der Waals surface area contributed by atoms with Crippen LogP contribution in [0.2, 0.25) is 0 Å². The molecule has 0 unspecified atom stereocenters. The Kier molecular flexibility index (Phi) is 5.46. The van der Waals surface area contributed by atoms with Crippen molar-refractivity contribution in [3.05, 3.63) is 107 Å². The van der Waals surface area contributed by atoms with E-state index in [9.17, 15) is 26.3 Å². The van der Waals surface area contributed by atoms with E-state index in [2.05, 4.69) is 0 Å². The predicted octanol–water partition coefficient (Wildman–Crippen LogP) is 8.88. The van der Waals surface area contributed by atoms with E-state index in [0.29, 0.717) is 12.0 Å². The lowest BCUT2D eigenvalue weighted by atomic mass is 10.0. The van der Waals surface area contributed by atoms with Crippen LogP contribution in [0.25, 0.3) is 11.1 Å². The molecule has 0 spiro atoms. The smallest absolute Gasteiger partial charge is 0.419 e. The van der Waals surface area contributed by atoms with Gasteiger partial charge in [0.2, 0.25) is 0 Å². The number of halogens is 6. The molecule has 1 aliphatic rings. The molecule has 0 aromatic heterocycles. The zero-order chi connectivity index (χ0) is 24.8. The molecule has 0 atom stereocenters. The lowest BCUT2D eigenvalue weighted by Crippen LogP contribution is -2.08. The summed E-state index contributed by atoms with van der Waals surface area (Å²) in [6.45, 7) is 0. The summed E-state index contributed by atoms with van der Waals surface area (Å²) in [6, 6.07) is 19.8. The average molecular weight is 486 g/mol. The van der Waals surface area contributed by atoms with Gasteiger partial charge in [0.1, 0.15) is 11.5 Å². The molecule has 2 nitrogen and oxygen atoms in total. The number of rotatable bonds is 4. The van der Waals surface area contributed by atoms with Crippen molar-refractivity contribution in [2.75, 3.05) is 0 Å². The molecule has 0 N–H and O–H groups in total. The van der Waals surface area contributed by atoms with Crippen molar-refractivity contribution in [3.8, 4) is 34.1 Å². The molecule has 0 aliphatic heterocycles. The Balaban J connectivity index is 1.66. The summed E-state index contributed by atoms with van der Waals surface area (Å²) < 4.78 is 93.0. The number of alkyl halides is 6. The van der Waals surface area contributed by atoms with Gasteiger partial charge in [0.25, 0.3) is 0 Å². The molecule has 35 heavy (non-hydrogen) atoms. The fourth-order valence-corrected chi connectivity index (χ4v) is 4.16. The highest BCUT2D eigenvalue weighted by Crippen LogP contribution is 2.50. The van der Waals surface area contributed by atoms with Crippen LogP contribution >= 0.6 is 0 Å². The maximum absolute atomic E-state index is 13.6. The van der Waals surface area contributed by atoms with Crippen molar-refractivity contribution >= 4 is 0 Å². The number of ether oxygens (including phenoxy) is 2. The van der Waals surface area contributed by atoms with Crippen LogP contribution in [-0.2, 0) is 18.8 Å². The first-order valence-corrected chi connectivity index (χ1v) is 10.6. The molecule has 0 saturated carbocycles. The Morgan fingerprint density at radius 1 is 0.514 bits per heavy atom. The van der Waals surface area contributed by atoms with Gasteiger partial charge in [-0.3, -0.25) is 0 Å². The first-order valence-electron chi connectivity index (χ1n) is 10.6. The monoisotopic (exact) mass is 486 g/mol. The molecule has 178 valence electrons. The van der Waals surface area contributed by atoms with Crippen molar-refractivity contribution in [2.24, 2.45) is 0 Å². The second kappa shape index (κ2) is 8.37. The van der Waals surface area contributed by atoms with Crippen LogP contribution in [0.5, 0.6) is 23.0 Å². The standard InChI is InChI=1S/C27H16F6O2/c28-26(29,30)20-9-3-5-11-22(20)34-24-14-13-18-17-8-2-1-7-16(17)15-19(18)25(24)35-23-12-6-4-10-21(23)27(31,32)33/h1-14H,15H2. The fraction of sp³-hybridized carbons (Fsp3) is 0.111. The average Bonchev–Trinajstić information content (AvgIpc) is 3.19. The van der Waals surface area contributed by atoms with E-state index in [1.165, 1.54) is 30.3 Å². The van der Waals surface area contributed by atoms with E-state index in [1.54, 1.807) is 6.07 Å². The van der Waals surface area contributed by atoms with E-state index in [-0.39, 0.29) is 11.5 Å². The molecule has 4 aromatic rings. The van der Waals surface area contributed by atoms with Gasteiger partial charge in [0.05, 0.1) is 11.1 Å². The van der Waals surface area contributed by atoms with Crippen molar-refractivity contribution in [1.29, 1.82) is 0 Å². The molecule has 0 radical (unpaired) electrons. The van der Waals surface area contributed by atoms with Crippen LogP contribution in [0.4, 0.5) is 26.3 Å². The number of hydrogen-bond acceptors (Lipinski definition) is 2. The van der Waals surface area contributed by atoms with Gasteiger partial charge in [-0.15, -0.1) is 0 Å². The Hall–Kier alpha value is -3.94. The van der Waals surface area contributed by atoms with E-state index >= 15 is 0 Å². The van der Waals surface area contributed by atoms with Crippen LogP contribution in [0.1, 0.15) is 22.3 Å². The first kappa shape index (κ1) is 22.8. The van der Waals surface area contributed by atoms with Crippen molar-refractivity contribution in [1.82, 2.24) is 0 Å². The molecule has 5 rings (SSSR count). The number of benzene rings is 4. The Labute approximate surface area is 196 Å². The van der Waals surface area contributed by atoms with Crippen LogP contribution < -0.4 is 9.47 Å². The van der Waals surface area contributed by atoms with Gasteiger partial charge in [-0.1, -0.05) is 54.6 Å². The summed E-state index contributed by atoms with van der Waals surface area (Å²) >= 11 is 0. The van der Waals surface area contributed by atoms with E-state index in [0.717, 1.165) is 41.0 Å². The Morgan fingerprint density at radius 3 is 1.69 bits per heavy atom. The van der Waals surface area contributed by atoms with E-state index < -0.39 is 35.0 Å². The summed E-state index contributed by atoms with van der Waals surface area (Å²) in [5, 5.41) is 0. The quantitative estimate of drug-likeness (QED) is 0.236. The van der Waals surface area contributed by atoms with Crippen molar-refractivity contribution in [2.45, 2.75) is 18.8 Å². The molecule has 1 aliphatic carbocycles. The van der Waals surface area contributed by atoms with Gasteiger partial charge >= 0.3 is 12.4 Å². The second-order valence-corrected chi connectivity index (χ2v) is 7.94. The van der Waals surface area contributed by atoms with Crippen LogP contribution in [0.3, 0.4) is 0 Å². The number of hydrogen-bond donors (Lipinski definition) is 0. The van der Waals surface area contributed by atoms with Crippen LogP contribution in [0.15, 0.2) is 84.9 Å². The second-order valence-electron chi connectivity index (χ2n) is 7.94. The maximum atomic E-state index is 13.6. The normalized spacial score (nSPS) is 12.7. The molecule has 0 amide bonds. The van der Waals surface area contributed by atoms with E-state index in [1.807, 2.05) is 24.3 Å². The third-order valence-electron chi connectivity index (χ3n) is 5.72. The number of fused-ring (bicyclic) bond motifs is 3. The summed E-state index contributed by atoms with van der Waals surface area (Å²) in [4.78, 5) is 0. The van der Waals surface area contributed by atoms with Crippen molar-refractivity contribution in [3.63, 3.8) is 0 Å². The lowest BCUT2D eigenvalue weighted by Gasteiger charge is -2.20. The van der Waals surface area contributed by atoms with Gasteiger partial charge in [0, 0.05) is 12.0 Å². The molecule has 0 heterocycles. The minimum atomic E-state index is -4.69. The SMILES string of the molecule is FC(F)(F)c1ccccc1Oc1ccc2c(c1Oc1ccccc1C(F)(F)F)Cc1ccccc1-2. The predicted molar refractivity (Wildman–Crippen MR) is 118 cm³/mol. The van der Waals surface area contributed by atoms with Gasteiger partial charge in [-0.25, -0.2) is 0 Å². The molecule has 4 aromatic carbocycles. The largest absolute Gasteiger partial charge is 0.453 e. The zero-order valence-electron chi connectivity index (χ0n) is 17.9. The third-order valence-corrected chi connectivity index (χ3v) is 5.72.